The summed E-state index contributed by atoms with van der Waals surface area (Å²) in [4.78, 5) is 29.1. The molecule has 2 atom stereocenters. The zero-order valence-corrected chi connectivity index (χ0v) is 22.9. The van der Waals surface area contributed by atoms with E-state index in [4.69, 9.17) is 5.10 Å². The zero-order chi connectivity index (χ0) is 28.6. The van der Waals surface area contributed by atoms with Gasteiger partial charge in [0, 0.05) is 35.3 Å². The Morgan fingerprint density at radius 2 is 1.70 bits per heavy atom. The average molecular weight is 614 g/mol. The van der Waals surface area contributed by atoms with E-state index < -0.39 is 35.2 Å². The van der Waals surface area contributed by atoms with E-state index in [1.165, 1.54) is 24.3 Å². The molecule has 0 radical (unpaired) electrons. The Labute approximate surface area is 236 Å². The molecule has 0 N–H and O–H groups in total. The number of aromatic nitrogens is 2. The fourth-order valence-electron chi connectivity index (χ4n) is 5.31. The molecule has 5 nitrogen and oxygen atoms in total. The van der Waals surface area contributed by atoms with Gasteiger partial charge in [0.05, 0.1) is 22.9 Å². The summed E-state index contributed by atoms with van der Waals surface area (Å²) in [5, 5.41) is 5.15. The minimum atomic E-state index is -4.61. The van der Waals surface area contributed by atoms with Gasteiger partial charge in [-0.2, -0.15) is 18.3 Å². The van der Waals surface area contributed by atoms with Gasteiger partial charge in [-0.1, -0.05) is 58.4 Å². The fourth-order valence-corrected chi connectivity index (χ4v) is 5.72. The van der Waals surface area contributed by atoms with Crippen molar-refractivity contribution >= 4 is 33.4 Å². The van der Waals surface area contributed by atoms with Crippen LogP contribution in [0.5, 0.6) is 0 Å². The molecule has 5 rings (SSSR count). The highest BCUT2D eigenvalue weighted by Gasteiger charge is 2.46. The maximum absolute atomic E-state index is 14.1. The Morgan fingerprint density at radius 1 is 1.00 bits per heavy atom. The predicted molar refractivity (Wildman–Crippen MR) is 146 cm³/mol. The van der Waals surface area contributed by atoms with E-state index in [-0.39, 0.29) is 24.4 Å². The summed E-state index contributed by atoms with van der Waals surface area (Å²) in [6, 6.07) is 19.2. The number of halogens is 5. The first-order valence-corrected chi connectivity index (χ1v) is 13.8. The Bertz CT molecular complexity index is 1550. The van der Waals surface area contributed by atoms with Crippen LogP contribution in [0.1, 0.15) is 52.0 Å². The lowest BCUT2D eigenvalue weighted by Crippen LogP contribution is -2.45. The number of fused-ring (bicyclic) bond motifs is 1. The van der Waals surface area contributed by atoms with Crippen molar-refractivity contribution in [1.82, 2.24) is 9.78 Å². The molecule has 0 aliphatic carbocycles. The van der Waals surface area contributed by atoms with Crippen molar-refractivity contribution in [2.45, 2.75) is 30.8 Å². The number of benzene rings is 3. The van der Waals surface area contributed by atoms with E-state index in [0.29, 0.717) is 28.0 Å². The molecule has 4 aromatic rings. The smallest absolute Gasteiger partial charge is 0.296 e. The Kier molecular flexibility index (Phi) is 7.63. The summed E-state index contributed by atoms with van der Waals surface area (Å²) in [5.74, 6) is -2.50. The topological polar surface area (TPSA) is 55.2 Å². The van der Waals surface area contributed by atoms with E-state index in [2.05, 4.69) is 15.9 Å². The number of carbonyl (C=O) groups excluding carboxylic acids is 2. The number of hydrogen-bond donors (Lipinski definition) is 0. The lowest BCUT2D eigenvalue weighted by atomic mass is 9.74. The molecule has 0 saturated heterocycles. The first kappa shape index (κ1) is 27.8. The van der Waals surface area contributed by atoms with Crippen molar-refractivity contribution in [1.29, 1.82) is 0 Å². The van der Waals surface area contributed by atoms with Gasteiger partial charge >= 0.3 is 6.18 Å². The molecule has 0 fully saturated rings. The number of anilines is 1. The van der Waals surface area contributed by atoms with Gasteiger partial charge in [0.25, 0.3) is 0 Å². The second kappa shape index (κ2) is 11.0. The molecule has 0 unspecified atom stereocenters. The van der Waals surface area contributed by atoms with Crippen molar-refractivity contribution in [2.75, 3.05) is 11.4 Å². The van der Waals surface area contributed by atoms with Crippen LogP contribution in [0, 0.1) is 11.7 Å². The summed E-state index contributed by atoms with van der Waals surface area (Å²) in [5.41, 5.74) is 1.60. The molecule has 0 saturated carbocycles. The van der Waals surface area contributed by atoms with Gasteiger partial charge in [0.1, 0.15) is 11.6 Å². The van der Waals surface area contributed by atoms with E-state index in [1.807, 2.05) is 37.3 Å². The molecule has 0 spiro atoms. The van der Waals surface area contributed by atoms with Crippen molar-refractivity contribution < 1.29 is 27.2 Å². The van der Waals surface area contributed by atoms with Crippen LogP contribution in [0.4, 0.5) is 23.4 Å². The van der Waals surface area contributed by atoms with E-state index in [9.17, 15) is 27.2 Å². The molecule has 1 aliphatic heterocycles. The molecule has 0 bridgehead atoms. The van der Waals surface area contributed by atoms with Crippen LogP contribution in [0.25, 0.3) is 5.69 Å². The highest BCUT2D eigenvalue weighted by Crippen LogP contribution is 2.48. The molecule has 1 aromatic heterocycles. The number of carbonyl (C=O) groups is 2. The van der Waals surface area contributed by atoms with Crippen LogP contribution in [0.15, 0.2) is 78.9 Å². The van der Waals surface area contributed by atoms with Gasteiger partial charge in [-0.05, 0) is 48.9 Å². The highest BCUT2D eigenvalue weighted by atomic mass is 79.9. The maximum atomic E-state index is 14.1. The molecule has 3 aromatic carbocycles. The number of alkyl halides is 4. The minimum Gasteiger partial charge on any atom is -0.296 e. The quantitative estimate of drug-likeness (QED) is 0.125. The van der Waals surface area contributed by atoms with Crippen molar-refractivity contribution in [3.8, 4) is 5.69 Å². The molecule has 2 heterocycles. The van der Waals surface area contributed by atoms with Crippen molar-refractivity contribution in [3.05, 3.63) is 113 Å². The summed E-state index contributed by atoms with van der Waals surface area (Å²) in [6.45, 7) is 2.08. The van der Waals surface area contributed by atoms with Gasteiger partial charge in [-0.25, -0.2) is 9.07 Å². The molecule has 1 aliphatic rings. The Hall–Kier alpha value is -3.79. The largest absolute Gasteiger partial charge is 0.416 e. The number of nitrogens with zero attached hydrogens (tertiary/aromatic N) is 3. The van der Waals surface area contributed by atoms with E-state index in [1.54, 1.807) is 21.7 Å². The molecule has 206 valence electrons. The van der Waals surface area contributed by atoms with Crippen molar-refractivity contribution in [3.63, 3.8) is 0 Å². The lowest BCUT2D eigenvalue weighted by molar-refractivity contribution is -0.137. The van der Waals surface area contributed by atoms with Crippen LogP contribution < -0.4 is 4.90 Å². The lowest BCUT2D eigenvalue weighted by Gasteiger charge is -2.38. The second-order valence-electron chi connectivity index (χ2n) is 9.49. The van der Waals surface area contributed by atoms with Gasteiger partial charge in [-0.15, -0.1) is 0 Å². The summed E-state index contributed by atoms with van der Waals surface area (Å²) < 4.78 is 55.6. The summed E-state index contributed by atoms with van der Waals surface area (Å²) in [6.07, 6.45) is -4.95. The fraction of sp³-hybridized carbons (Fsp3) is 0.233. The SMILES string of the molecule is CCN1C(=O)[C@@H](CC(=O)c2cccc(C(F)(F)F)c2)[C@@H](c2ccc(F)cc2)c2c(CBr)nn(-c3ccccc3)c21. The molecule has 10 heteroatoms. The van der Waals surface area contributed by atoms with Crippen LogP contribution in [0.2, 0.25) is 0 Å². The first-order chi connectivity index (χ1) is 19.1. The molecular weight excluding hydrogens is 590 g/mol. The zero-order valence-electron chi connectivity index (χ0n) is 21.3. The maximum Gasteiger partial charge on any atom is 0.416 e. The predicted octanol–water partition coefficient (Wildman–Crippen LogP) is 7.31. The third-order valence-electron chi connectivity index (χ3n) is 7.12. The second-order valence-corrected chi connectivity index (χ2v) is 10.0. The monoisotopic (exact) mass is 613 g/mol. The molecular formula is C30H24BrF4N3O2. The highest BCUT2D eigenvalue weighted by molar-refractivity contribution is 9.08. The number of rotatable bonds is 7. The number of hydrogen-bond acceptors (Lipinski definition) is 3. The summed E-state index contributed by atoms with van der Waals surface area (Å²) >= 11 is 3.51. The Balaban J connectivity index is 1.67. The van der Waals surface area contributed by atoms with Gasteiger partial charge in [0.2, 0.25) is 5.91 Å². The van der Waals surface area contributed by atoms with Gasteiger partial charge < -0.3 is 0 Å². The number of ketones is 1. The number of Topliss-reactive ketones (excluding diaryl/α,β-unsaturated/α-hetero) is 1. The number of amides is 1. The standard InChI is InChI=1S/C30H24BrF4N3O2/c1-2-37-28-27(24(17-31)36-38(28)22-9-4-3-5-10-22)26(18-11-13-21(32)14-12-18)23(29(37)40)16-25(39)19-7-6-8-20(15-19)30(33,34)35/h3-15,23,26H,2,16-17H2,1H3/t23-,26+/m0/s1. The Morgan fingerprint density at radius 3 is 2.33 bits per heavy atom. The van der Waals surface area contributed by atoms with Crippen LogP contribution >= 0.6 is 15.9 Å². The van der Waals surface area contributed by atoms with Crippen LogP contribution in [-0.2, 0) is 16.3 Å². The third kappa shape index (κ3) is 5.08. The van der Waals surface area contributed by atoms with Crippen molar-refractivity contribution in [2.24, 2.45) is 5.92 Å². The third-order valence-corrected chi connectivity index (χ3v) is 7.65. The number of para-hydroxylation sites is 1. The first-order valence-electron chi connectivity index (χ1n) is 12.6. The minimum absolute atomic E-state index is 0.130. The molecule has 40 heavy (non-hydrogen) atoms. The normalized spacial score (nSPS) is 17.1. The van der Waals surface area contributed by atoms with E-state index in [0.717, 1.165) is 17.8 Å². The van der Waals surface area contributed by atoms with Crippen LogP contribution in [-0.4, -0.2) is 28.0 Å². The van der Waals surface area contributed by atoms with Gasteiger partial charge in [0.15, 0.2) is 5.78 Å². The van der Waals surface area contributed by atoms with E-state index >= 15 is 0 Å². The molecule has 1 amide bonds. The van der Waals surface area contributed by atoms with Gasteiger partial charge in [-0.3, -0.25) is 14.5 Å². The summed E-state index contributed by atoms with van der Waals surface area (Å²) in [7, 11) is 0. The van der Waals surface area contributed by atoms with Crippen LogP contribution in [0.3, 0.4) is 0 Å². The average Bonchev–Trinajstić information content (AvgIpc) is 3.33.